The highest BCUT2D eigenvalue weighted by molar-refractivity contribution is 6.30. The monoisotopic (exact) mass is 240 g/mol. The third-order valence-corrected chi connectivity index (χ3v) is 3.32. The molecule has 1 N–H and O–H groups in total. The lowest BCUT2D eigenvalue weighted by molar-refractivity contribution is 0.573. The lowest BCUT2D eigenvalue weighted by Gasteiger charge is -2.20. The minimum absolute atomic E-state index is 0.543. The average molecular weight is 241 g/mol. The molecule has 1 atom stereocenters. The predicted octanol–water partition coefficient (Wildman–Crippen LogP) is 1.48. The fraction of sp³-hybridized carbons (Fsp3) is 0.636. The number of nitrogens with one attached hydrogen (secondary N) is 1. The van der Waals surface area contributed by atoms with Crippen LogP contribution in [0.3, 0.4) is 0 Å². The smallest absolute Gasteiger partial charge is 0.226 e. The standard InChI is InChI=1S/C11H17ClN4/c1-8-5-14-11(15-10(8)12)16(2)7-9-3-4-13-6-9/h5,9,13H,3-4,6-7H2,1-2H3. The number of anilines is 1. The van der Waals surface area contributed by atoms with Crippen molar-refractivity contribution in [2.24, 2.45) is 5.92 Å². The van der Waals surface area contributed by atoms with E-state index in [1.54, 1.807) is 6.20 Å². The van der Waals surface area contributed by atoms with Gasteiger partial charge in [-0.1, -0.05) is 11.6 Å². The van der Waals surface area contributed by atoms with E-state index >= 15 is 0 Å². The van der Waals surface area contributed by atoms with Crippen LogP contribution in [0.4, 0.5) is 5.95 Å². The molecular formula is C11H17ClN4. The molecule has 1 saturated heterocycles. The first-order chi connectivity index (χ1) is 7.66. The summed E-state index contributed by atoms with van der Waals surface area (Å²) in [6.07, 6.45) is 3.00. The molecule has 88 valence electrons. The summed E-state index contributed by atoms with van der Waals surface area (Å²) in [5.41, 5.74) is 0.918. The molecule has 4 nitrogen and oxygen atoms in total. The van der Waals surface area contributed by atoms with Gasteiger partial charge in [-0.3, -0.25) is 0 Å². The summed E-state index contributed by atoms with van der Waals surface area (Å²) in [5, 5.41) is 3.90. The molecule has 1 unspecified atom stereocenters. The van der Waals surface area contributed by atoms with E-state index in [9.17, 15) is 0 Å². The zero-order valence-electron chi connectivity index (χ0n) is 9.70. The summed E-state index contributed by atoms with van der Waals surface area (Å²) < 4.78 is 0. The summed E-state index contributed by atoms with van der Waals surface area (Å²) in [6, 6.07) is 0. The average Bonchev–Trinajstić information content (AvgIpc) is 2.74. The van der Waals surface area contributed by atoms with Gasteiger partial charge in [0.25, 0.3) is 0 Å². The highest BCUT2D eigenvalue weighted by Crippen LogP contribution is 2.16. The second kappa shape index (κ2) is 4.97. The number of rotatable bonds is 3. The first kappa shape index (κ1) is 11.6. The van der Waals surface area contributed by atoms with Crippen LogP contribution < -0.4 is 10.2 Å². The Labute approximate surface area is 101 Å². The van der Waals surface area contributed by atoms with Gasteiger partial charge in [0.2, 0.25) is 5.95 Å². The fourth-order valence-electron chi connectivity index (χ4n) is 1.94. The summed E-state index contributed by atoms with van der Waals surface area (Å²) in [5.74, 6) is 1.40. The Balaban J connectivity index is 2.02. The van der Waals surface area contributed by atoms with Gasteiger partial charge in [-0.15, -0.1) is 0 Å². The van der Waals surface area contributed by atoms with E-state index in [1.807, 2.05) is 14.0 Å². The van der Waals surface area contributed by atoms with Crippen LogP contribution in [0.1, 0.15) is 12.0 Å². The van der Waals surface area contributed by atoms with Gasteiger partial charge in [0, 0.05) is 25.4 Å². The Morgan fingerprint density at radius 2 is 2.44 bits per heavy atom. The van der Waals surface area contributed by atoms with Crippen molar-refractivity contribution in [3.05, 3.63) is 16.9 Å². The molecule has 5 heteroatoms. The minimum Gasteiger partial charge on any atom is -0.344 e. The zero-order valence-corrected chi connectivity index (χ0v) is 10.5. The Morgan fingerprint density at radius 1 is 1.62 bits per heavy atom. The van der Waals surface area contributed by atoms with Gasteiger partial charge >= 0.3 is 0 Å². The van der Waals surface area contributed by atoms with Crippen LogP contribution in [-0.4, -0.2) is 36.6 Å². The number of hydrogen-bond acceptors (Lipinski definition) is 4. The lowest BCUT2D eigenvalue weighted by Crippen LogP contribution is -2.28. The van der Waals surface area contributed by atoms with Crippen LogP contribution in [0.25, 0.3) is 0 Å². The van der Waals surface area contributed by atoms with Gasteiger partial charge in [0.1, 0.15) is 5.15 Å². The van der Waals surface area contributed by atoms with Gasteiger partial charge in [0.15, 0.2) is 0 Å². The summed E-state index contributed by atoms with van der Waals surface area (Å²) >= 11 is 5.98. The van der Waals surface area contributed by atoms with Crippen molar-refractivity contribution < 1.29 is 0 Å². The number of halogens is 1. The molecule has 0 saturated carbocycles. The highest BCUT2D eigenvalue weighted by atomic mass is 35.5. The number of aromatic nitrogens is 2. The number of aryl methyl sites for hydroxylation is 1. The molecule has 2 rings (SSSR count). The molecule has 1 aromatic heterocycles. The molecule has 1 aliphatic rings. The second-order valence-corrected chi connectivity index (χ2v) is 4.74. The van der Waals surface area contributed by atoms with E-state index < -0.39 is 0 Å². The van der Waals surface area contributed by atoms with E-state index in [0.717, 1.165) is 25.2 Å². The third-order valence-electron chi connectivity index (χ3n) is 2.93. The summed E-state index contributed by atoms with van der Waals surface area (Å²) in [6.45, 7) is 5.09. The topological polar surface area (TPSA) is 41.1 Å². The van der Waals surface area contributed by atoms with Crippen LogP contribution >= 0.6 is 11.6 Å². The van der Waals surface area contributed by atoms with Gasteiger partial charge in [-0.2, -0.15) is 0 Å². The van der Waals surface area contributed by atoms with E-state index in [2.05, 4.69) is 20.2 Å². The molecule has 16 heavy (non-hydrogen) atoms. The van der Waals surface area contributed by atoms with Crippen molar-refractivity contribution in [2.75, 3.05) is 31.6 Å². The van der Waals surface area contributed by atoms with Crippen LogP contribution in [0.2, 0.25) is 5.15 Å². The predicted molar refractivity (Wildman–Crippen MR) is 66.0 cm³/mol. The highest BCUT2D eigenvalue weighted by Gasteiger charge is 2.17. The first-order valence-corrected chi connectivity index (χ1v) is 5.95. The molecule has 1 aromatic rings. The minimum atomic E-state index is 0.543. The fourth-order valence-corrected chi connectivity index (χ4v) is 2.06. The maximum absolute atomic E-state index is 5.98. The molecule has 0 radical (unpaired) electrons. The second-order valence-electron chi connectivity index (χ2n) is 4.38. The molecule has 1 aliphatic heterocycles. The van der Waals surface area contributed by atoms with Crippen molar-refractivity contribution in [1.82, 2.24) is 15.3 Å². The van der Waals surface area contributed by atoms with Crippen LogP contribution in [0, 0.1) is 12.8 Å². The summed E-state index contributed by atoms with van der Waals surface area (Å²) in [7, 11) is 2.01. The molecule has 0 spiro atoms. The first-order valence-electron chi connectivity index (χ1n) is 5.58. The Hall–Kier alpha value is -0.870. The SMILES string of the molecule is Cc1cnc(N(C)CC2CCNC2)nc1Cl. The number of hydrogen-bond donors (Lipinski definition) is 1. The molecular weight excluding hydrogens is 224 g/mol. The van der Waals surface area contributed by atoms with Gasteiger partial charge < -0.3 is 10.2 Å². The van der Waals surface area contributed by atoms with Crippen molar-refractivity contribution in [2.45, 2.75) is 13.3 Å². The van der Waals surface area contributed by atoms with Crippen molar-refractivity contribution in [1.29, 1.82) is 0 Å². The van der Waals surface area contributed by atoms with Crippen molar-refractivity contribution in [3.8, 4) is 0 Å². The molecule has 0 bridgehead atoms. The quantitative estimate of drug-likeness (QED) is 0.813. The molecule has 1 fully saturated rings. The Bertz CT molecular complexity index is 363. The van der Waals surface area contributed by atoms with Crippen molar-refractivity contribution in [3.63, 3.8) is 0 Å². The van der Waals surface area contributed by atoms with Crippen LogP contribution in [0.5, 0.6) is 0 Å². The van der Waals surface area contributed by atoms with E-state index in [0.29, 0.717) is 17.0 Å². The van der Waals surface area contributed by atoms with Gasteiger partial charge in [-0.25, -0.2) is 9.97 Å². The third kappa shape index (κ3) is 2.62. The normalized spacial score (nSPS) is 20.1. The van der Waals surface area contributed by atoms with E-state index in [1.165, 1.54) is 6.42 Å². The molecule has 0 amide bonds. The van der Waals surface area contributed by atoms with Crippen LogP contribution in [-0.2, 0) is 0 Å². The van der Waals surface area contributed by atoms with Gasteiger partial charge in [-0.05, 0) is 32.4 Å². The molecule has 0 aliphatic carbocycles. The maximum atomic E-state index is 5.98. The zero-order chi connectivity index (χ0) is 11.5. The van der Waals surface area contributed by atoms with E-state index in [4.69, 9.17) is 11.6 Å². The van der Waals surface area contributed by atoms with Crippen LogP contribution in [0.15, 0.2) is 6.20 Å². The largest absolute Gasteiger partial charge is 0.344 e. The Morgan fingerprint density at radius 3 is 3.06 bits per heavy atom. The Kier molecular flexibility index (Phi) is 3.61. The maximum Gasteiger partial charge on any atom is 0.226 e. The molecule has 0 aromatic carbocycles. The van der Waals surface area contributed by atoms with Gasteiger partial charge in [0.05, 0.1) is 0 Å². The van der Waals surface area contributed by atoms with Crippen molar-refractivity contribution >= 4 is 17.5 Å². The summed E-state index contributed by atoms with van der Waals surface area (Å²) in [4.78, 5) is 10.6. The molecule has 2 heterocycles. The van der Waals surface area contributed by atoms with E-state index in [-0.39, 0.29) is 0 Å². The number of nitrogens with zero attached hydrogens (tertiary/aromatic N) is 3. The lowest BCUT2D eigenvalue weighted by atomic mass is 10.1.